The summed E-state index contributed by atoms with van der Waals surface area (Å²) in [5, 5.41) is 8.87. The number of aromatic carboxylic acids is 1. The summed E-state index contributed by atoms with van der Waals surface area (Å²) < 4.78 is 43.6. The molecule has 2 aromatic rings. The van der Waals surface area contributed by atoms with Crippen molar-refractivity contribution in [2.45, 2.75) is 17.6 Å². The predicted molar refractivity (Wildman–Crippen MR) is 66.9 cm³/mol. The zero-order valence-corrected chi connectivity index (χ0v) is 11.2. The summed E-state index contributed by atoms with van der Waals surface area (Å²) in [6.07, 6.45) is 0. The minimum Gasteiger partial charge on any atom is -0.478 e. The molecule has 0 amide bonds. The quantitative estimate of drug-likeness (QED) is 0.942. The van der Waals surface area contributed by atoms with Crippen molar-refractivity contribution in [3.05, 3.63) is 53.0 Å². The second kappa shape index (κ2) is 5.54. The molecule has 1 atom stereocenters. The summed E-state index contributed by atoms with van der Waals surface area (Å²) in [6.45, 7) is 1.46. The van der Waals surface area contributed by atoms with Gasteiger partial charge in [-0.3, -0.25) is 4.21 Å². The monoisotopic (exact) mass is 300 g/mol. The molecule has 1 heterocycles. The maximum absolute atomic E-state index is 13.5. The lowest BCUT2D eigenvalue weighted by Crippen LogP contribution is -1.99. The fraction of sp³-hybridized carbons (Fsp3) is 0.154. The second-order valence-electron chi connectivity index (χ2n) is 4.05. The Morgan fingerprint density at radius 3 is 2.65 bits per heavy atom. The van der Waals surface area contributed by atoms with Gasteiger partial charge in [0, 0.05) is 0 Å². The molecule has 20 heavy (non-hydrogen) atoms. The smallest absolute Gasteiger partial charge is 0.339 e. The Balaban J connectivity index is 2.26. The van der Waals surface area contributed by atoms with E-state index in [1.807, 2.05) is 0 Å². The molecular weight excluding hydrogens is 290 g/mol. The standard InChI is InChI=1S/C13H10F2O4S/c1-7-10(13(16)17)5-9(19-7)6-20(18)12-4-8(14)2-3-11(12)15/h2-5H,6H2,1H3,(H,16,17). The van der Waals surface area contributed by atoms with Crippen LogP contribution in [0.2, 0.25) is 0 Å². The number of furan rings is 1. The molecule has 1 N–H and O–H groups in total. The van der Waals surface area contributed by atoms with Crippen LogP contribution in [0.15, 0.2) is 33.6 Å². The van der Waals surface area contributed by atoms with Gasteiger partial charge in [0.15, 0.2) is 0 Å². The summed E-state index contributed by atoms with van der Waals surface area (Å²) >= 11 is 0. The van der Waals surface area contributed by atoms with E-state index >= 15 is 0 Å². The van der Waals surface area contributed by atoms with Crippen LogP contribution in [0.1, 0.15) is 21.9 Å². The number of halogens is 2. The molecule has 2 rings (SSSR count). The van der Waals surface area contributed by atoms with E-state index in [9.17, 15) is 17.8 Å². The minimum absolute atomic E-state index is 0.0447. The van der Waals surface area contributed by atoms with E-state index in [1.165, 1.54) is 13.0 Å². The molecule has 0 bridgehead atoms. The topological polar surface area (TPSA) is 67.5 Å². The normalized spacial score (nSPS) is 12.3. The van der Waals surface area contributed by atoms with E-state index in [4.69, 9.17) is 9.52 Å². The highest BCUT2D eigenvalue weighted by molar-refractivity contribution is 7.84. The molecule has 1 unspecified atom stereocenters. The van der Waals surface area contributed by atoms with Gasteiger partial charge in [0.25, 0.3) is 0 Å². The average Bonchev–Trinajstić information content (AvgIpc) is 2.73. The Morgan fingerprint density at radius 2 is 2.05 bits per heavy atom. The highest BCUT2D eigenvalue weighted by Gasteiger charge is 2.18. The number of benzene rings is 1. The molecule has 1 aromatic heterocycles. The fourth-order valence-electron chi connectivity index (χ4n) is 1.69. The molecular formula is C13H10F2O4S. The van der Waals surface area contributed by atoms with Crippen LogP contribution in [0.4, 0.5) is 8.78 Å². The van der Waals surface area contributed by atoms with Gasteiger partial charge in [-0.2, -0.15) is 0 Å². The lowest BCUT2D eigenvalue weighted by molar-refractivity contribution is 0.0695. The molecule has 4 nitrogen and oxygen atoms in total. The van der Waals surface area contributed by atoms with Crippen molar-refractivity contribution in [1.29, 1.82) is 0 Å². The fourth-order valence-corrected chi connectivity index (χ4v) is 2.77. The Bertz CT molecular complexity index is 694. The molecule has 1 aromatic carbocycles. The van der Waals surface area contributed by atoms with Gasteiger partial charge in [0.2, 0.25) is 0 Å². The number of carboxylic acid groups (broad SMARTS) is 1. The van der Waals surface area contributed by atoms with Gasteiger partial charge in [-0.05, 0) is 31.2 Å². The van der Waals surface area contributed by atoms with Crippen LogP contribution in [-0.2, 0) is 16.6 Å². The van der Waals surface area contributed by atoms with Crippen LogP contribution < -0.4 is 0 Å². The van der Waals surface area contributed by atoms with Gasteiger partial charge in [0.05, 0.1) is 21.4 Å². The first-order chi connectivity index (χ1) is 9.38. The lowest BCUT2D eigenvalue weighted by atomic mass is 10.2. The van der Waals surface area contributed by atoms with Gasteiger partial charge in [0.1, 0.15) is 28.7 Å². The third-order valence-electron chi connectivity index (χ3n) is 2.61. The van der Waals surface area contributed by atoms with Gasteiger partial charge in [-0.25, -0.2) is 13.6 Å². The third-order valence-corrected chi connectivity index (χ3v) is 3.96. The van der Waals surface area contributed by atoms with Crippen LogP contribution in [0.25, 0.3) is 0 Å². The van der Waals surface area contributed by atoms with Crippen molar-refractivity contribution in [2.24, 2.45) is 0 Å². The Hall–Kier alpha value is -2.02. The summed E-state index contributed by atoms with van der Waals surface area (Å²) in [5.41, 5.74) is -0.0447. The molecule has 0 spiro atoms. The minimum atomic E-state index is -1.87. The summed E-state index contributed by atoms with van der Waals surface area (Å²) in [6, 6.07) is 3.89. The molecule has 0 aliphatic heterocycles. The van der Waals surface area contributed by atoms with E-state index in [1.54, 1.807) is 0 Å². The molecule has 0 fully saturated rings. The number of aryl methyl sites for hydroxylation is 1. The summed E-state index contributed by atoms with van der Waals surface area (Å²) in [7, 11) is -1.87. The van der Waals surface area contributed by atoms with E-state index < -0.39 is 28.4 Å². The number of carbonyl (C=O) groups is 1. The first kappa shape index (κ1) is 14.4. The van der Waals surface area contributed by atoms with E-state index in [0.717, 1.165) is 18.2 Å². The number of carboxylic acids is 1. The van der Waals surface area contributed by atoms with E-state index in [2.05, 4.69) is 0 Å². The van der Waals surface area contributed by atoms with Crippen LogP contribution >= 0.6 is 0 Å². The Morgan fingerprint density at radius 1 is 1.35 bits per heavy atom. The number of hydrogen-bond donors (Lipinski definition) is 1. The van der Waals surface area contributed by atoms with Crippen molar-refractivity contribution in [3.8, 4) is 0 Å². The summed E-state index contributed by atoms with van der Waals surface area (Å²) in [4.78, 5) is 10.6. The molecule has 0 saturated heterocycles. The van der Waals surface area contributed by atoms with E-state index in [0.29, 0.717) is 0 Å². The average molecular weight is 300 g/mol. The van der Waals surface area contributed by atoms with Crippen molar-refractivity contribution in [1.82, 2.24) is 0 Å². The number of rotatable bonds is 4. The van der Waals surface area contributed by atoms with Gasteiger partial charge < -0.3 is 9.52 Å². The molecule has 0 radical (unpaired) electrons. The van der Waals surface area contributed by atoms with Crippen LogP contribution in [0.3, 0.4) is 0 Å². The maximum atomic E-state index is 13.5. The van der Waals surface area contributed by atoms with Gasteiger partial charge >= 0.3 is 5.97 Å². The van der Waals surface area contributed by atoms with Crippen molar-refractivity contribution in [2.75, 3.05) is 0 Å². The maximum Gasteiger partial charge on any atom is 0.339 e. The van der Waals surface area contributed by atoms with Crippen LogP contribution in [0, 0.1) is 18.6 Å². The van der Waals surface area contributed by atoms with E-state index in [-0.39, 0.29) is 27.7 Å². The van der Waals surface area contributed by atoms with Crippen molar-refractivity contribution < 1.29 is 27.3 Å². The predicted octanol–water partition coefficient (Wildman–Crippen LogP) is 2.87. The van der Waals surface area contributed by atoms with Crippen molar-refractivity contribution >= 4 is 16.8 Å². The highest BCUT2D eigenvalue weighted by Crippen LogP contribution is 2.21. The zero-order chi connectivity index (χ0) is 14.9. The van der Waals surface area contributed by atoms with Crippen LogP contribution in [-0.4, -0.2) is 15.3 Å². The largest absolute Gasteiger partial charge is 0.478 e. The second-order valence-corrected chi connectivity index (χ2v) is 5.47. The summed E-state index contributed by atoms with van der Waals surface area (Å²) in [5.74, 6) is -2.57. The van der Waals surface area contributed by atoms with Crippen LogP contribution in [0.5, 0.6) is 0 Å². The molecule has 106 valence electrons. The third kappa shape index (κ3) is 2.93. The highest BCUT2D eigenvalue weighted by atomic mass is 32.2. The van der Waals surface area contributed by atoms with Gasteiger partial charge in [-0.1, -0.05) is 0 Å². The first-order valence-electron chi connectivity index (χ1n) is 5.54. The Labute approximate surface area is 115 Å². The molecule has 0 saturated carbocycles. The number of hydrogen-bond acceptors (Lipinski definition) is 3. The molecule has 7 heteroatoms. The van der Waals surface area contributed by atoms with Crippen molar-refractivity contribution in [3.63, 3.8) is 0 Å². The Kier molecular flexibility index (Phi) is 3.99. The lowest BCUT2D eigenvalue weighted by Gasteiger charge is -2.02. The zero-order valence-electron chi connectivity index (χ0n) is 10.4. The SMILES string of the molecule is Cc1oc(CS(=O)c2cc(F)ccc2F)cc1C(=O)O. The van der Waals surface area contributed by atoms with Gasteiger partial charge in [-0.15, -0.1) is 0 Å². The first-order valence-corrected chi connectivity index (χ1v) is 6.86. The molecule has 0 aliphatic rings. The molecule has 0 aliphatic carbocycles.